The van der Waals surface area contributed by atoms with E-state index in [1.807, 2.05) is 41.5 Å². The van der Waals surface area contributed by atoms with Gasteiger partial charge in [-0.05, 0) is 18.5 Å². The maximum absolute atomic E-state index is 13.5. The lowest BCUT2D eigenvalue weighted by Crippen LogP contribution is -2.68. The summed E-state index contributed by atoms with van der Waals surface area (Å²) < 4.78 is 11.7. The van der Waals surface area contributed by atoms with Gasteiger partial charge in [-0.3, -0.25) is 15.1 Å². The Labute approximate surface area is 256 Å². The number of aliphatic carboxylic acids is 1. The second kappa shape index (κ2) is 13.3. The minimum Gasteiger partial charge on any atom is -0.543 e. The van der Waals surface area contributed by atoms with E-state index in [-0.39, 0.29) is 36.2 Å². The number of thioether (sulfide) groups is 2. The van der Waals surface area contributed by atoms with Gasteiger partial charge in [0.15, 0.2) is 34.0 Å². The summed E-state index contributed by atoms with van der Waals surface area (Å²) in [4.78, 5) is 41.7. The van der Waals surface area contributed by atoms with Crippen LogP contribution < -0.4 is 15.2 Å². The molecule has 3 aromatic heterocycles. The first-order chi connectivity index (χ1) is 20.4. The van der Waals surface area contributed by atoms with Crippen molar-refractivity contribution in [1.82, 2.24) is 24.7 Å². The molecule has 1 unspecified atom stereocenters. The van der Waals surface area contributed by atoms with Crippen LogP contribution in [0, 0.1) is 11.3 Å². The molecule has 0 saturated carbocycles. The summed E-state index contributed by atoms with van der Waals surface area (Å²) in [5.74, 6) is -2.54. The van der Waals surface area contributed by atoms with Crippen molar-refractivity contribution in [2.24, 2.45) is 18.1 Å². The van der Waals surface area contributed by atoms with E-state index in [9.17, 15) is 19.9 Å². The number of hydroxylamine groups is 1. The first-order valence-corrected chi connectivity index (χ1v) is 15.9. The number of carboxylic acid groups (broad SMARTS) is 1. The topological polar surface area (TPSA) is 190 Å². The summed E-state index contributed by atoms with van der Waals surface area (Å²) in [5, 5.41) is 35.3. The Morgan fingerprint density at radius 2 is 2.21 bits per heavy atom. The molecule has 0 radical (unpaired) electrons. The van der Waals surface area contributed by atoms with Gasteiger partial charge in [-0.15, -0.1) is 23.1 Å². The van der Waals surface area contributed by atoms with Gasteiger partial charge in [0.05, 0.1) is 34.7 Å². The summed E-state index contributed by atoms with van der Waals surface area (Å²) >= 11 is 4.93. The van der Waals surface area contributed by atoms with Gasteiger partial charge in [0.2, 0.25) is 5.91 Å². The van der Waals surface area contributed by atoms with E-state index in [1.54, 1.807) is 6.92 Å². The summed E-state index contributed by atoms with van der Waals surface area (Å²) in [6.45, 7) is 1.94. The lowest BCUT2D eigenvalue weighted by molar-refractivity contribution is -0.671. The van der Waals surface area contributed by atoms with Crippen LogP contribution in [0.4, 0.5) is 0 Å². The van der Waals surface area contributed by atoms with Gasteiger partial charge < -0.3 is 24.7 Å². The molecule has 14 nitrogen and oxygen atoms in total. The molecule has 3 atom stereocenters. The van der Waals surface area contributed by atoms with Crippen molar-refractivity contribution < 1.29 is 34.0 Å². The molecule has 1 saturated heterocycles. The van der Waals surface area contributed by atoms with E-state index in [0.717, 1.165) is 29.2 Å². The molecular formula is C24H24N8O6S4. The molecule has 5 rings (SSSR count). The van der Waals surface area contributed by atoms with Crippen molar-refractivity contribution in [3.63, 3.8) is 0 Å². The first-order valence-electron chi connectivity index (χ1n) is 12.4. The highest BCUT2D eigenvalue weighted by Gasteiger charge is 2.57. The van der Waals surface area contributed by atoms with Gasteiger partial charge >= 0.3 is 0 Å². The summed E-state index contributed by atoms with van der Waals surface area (Å²) in [6.07, 6.45) is 4.61. The number of nitrogens with one attached hydrogen (secondary N) is 2. The number of aromatic nitrogens is 4. The second-order valence-corrected chi connectivity index (χ2v) is 12.9. The second-order valence-electron chi connectivity index (χ2n) is 8.79. The zero-order valence-electron chi connectivity index (χ0n) is 22.1. The van der Waals surface area contributed by atoms with Gasteiger partial charge in [0, 0.05) is 33.7 Å². The Kier molecular flexibility index (Phi) is 9.49. The zero-order chi connectivity index (χ0) is 29.8. The minimum absolute atomic E-state index is 0.0137. The molecular weight excluding hydrogens is 625 g/mol. The van der Waals surface area contributed by atoms with E-state index in [2.05, 4.69) is 25.0 Å². The van der Waals surface area contributed by atoms with Crippen LogP contribution in [0.1, 0.15) is 17.8 Å². The average molecular weight is 649 g/mol. The van der Waals surface area contributed by atoms with Crippen LogP contribution in [0.5, 0.6) is 0 Å². The van der Waals surface area contributed by atoms with Crippen LogP contribution in [0.2, 0.25) is 0 Å². The third-order valence-electron chi connectivity index (χ3n) is 6.21. The molecule has 5 heterocycles. The van der Waals surface area contributed by atoms with Gasteiger partial charge in [-0.25, -0.2) is 14.5 Å². The molecule has 0 aliphatic carbocycles. The van der Waals surface area contributed by atoms with Crippen molar-refractivity contribution in [2.75, 3.05) is 12.4 Å². The highest BCUT2D eigenvalue weighted by molar-refractivity contribution is 8.07. The monoisotopic (exact) mass is 648 g/mol. The number of hydrogen-bond acceptors (Lipinski definition) is 16. The summed E-state index contributed by atoms with van der Waals surface area (Å²) in [7, 11) is 1.92. The Bertz CT molecular complexity index is 1540. The van der Waals surface area contributed by atoms with Gasteiger partial charge in [0.1, 0.15) is 26.0 Å². The van der Waals surface area contributed by atoms with Crippen molar-refractivity contribution in [3.05, 3.63) is 51.3 Å². The summed E-state index contributed by atoms with van der Waals surface area (Å²) in [5.41, 5.74) is 3.68. The summed E-state index contributed by atoms with van der Waals surface area (Å²) in [6, 6.07) is 2.78. The molecule has 0 bridgehead atoms. The molecule has 3 aromatic rings. The van der Waals surface area contributed by atoms with Gasteiger partial charge in [-0.1, -0.05) is 16.9 Å². The third-order valence-corrected chi connectivity index (χ3v) is 10.4. The first kappa shape index (κ1) is 30.1. The van der Waals surface area contributed by atoms with Crippen molar-refractivity contribution in [3.8, 4) is 11.3 Å². The Morgan fingerprint density at radius 1 is 1.43 bits per heavy atom. The number of hydrogen-bond donors (Lipinski definition) is 3. The number of oxime groups is 1. The van der Waals surface area contributed by atoms with Crippen molar-refractivity contribution in [2.45, 2.75) is 29.3 Å². The maximum atomic E-state index is 13.5. The predicted octanol–water partition coefficient (Wildman–Crippen LogP) is 0.983. The quantitative estimate of drug-likeness (QED) is 0.0785. The number of pyridine rings is 1. The highest BCUT2D eigenvalue weighted by atomic mass is 32.2. The standard InChI is InChI=1S/C24H24N8O6S4/c1-3-38-29-18(20-27-15(42-30-20)8-37-11-25)17(28-36)16-21(33)32-19(23(34)35)14(10-39-22(16)32)41-24-26-13(9-40-24)12-4-6-31(2)7-5-12/h4-7,9,11,16-17,22,25,28,36H,3,8,10H2,1-2H3/b25-11?,29-18-/t16-,17?,22-/m1/s1. The Hall–Kier alpha value is -3.42. The maximum Gasteiger partial charge on any atom is 0.236 e. The third kappa shape index (κ3) is 6.04. The van der Waals surface area contributed by atoms with Gasteiger partial charge in [-0.2, -0.15) is 9.85 Å². The number of rotatable bonds is 13. The molecule has 220 valence electrons. The minimum atomic E-state index is -1.48. The molecule has 42 heavy (non-hydrogen) atoms. The Balaban J connectivity index is 1.39. The molecule has 18 heteroatoms. The van der Waals surface area contributed by atoms with Crippen LogP contribution in [0.15, 0.2) is 50.0 Å². The number of nitrogens with zero attached hydrogens (tertiary/aromatic N) is 6. The highest BCUT2D eigenvalue weighted by Crippen LogP contribution is 2.49. The molecule has 1 fully saturated rings. The van der Waals surface area contributed by atoms with E-state index < -0.39 is 29.2 Å². The Morgan fingerprint density at radius 3 is 2.90 bits per heavy atom. The van der Waals surface area contributed by atoms with E-state index in [1.165, 1.54) is 39.8 Å². The van der Waals surface area contributed by atoms with Crippen molar-refractivity contribution in [1.29, 1.82) is 5.41 Å². The normalized spacial score (nSPS) is 19.3. The molecule has 0 aromatic carbocycles. The van der Waals surface area contributed by atoms with Crippen LogP contribution in [0.3, 0.4) is 0 Å². The molecule has 0 spiro atoms. The number of carbonyl (C=O) groups is 2. The lowest BCUT2D eigenvalue weighted by atomic mass is 9.86. The van der Waals surface area contributed by atoms with Crippen LogP contribution in [0.25, 0.3) is 11.3 Å². The zero-order valence-corrected chi connectivity index (χ0v) is 25.4. The molecule has 3 N–H and O–H groups in total. The number of aryl methyl sites for hydroxylation is 1. The number of amides is 1. The number of ether oxygens (including phenoxy) is 1. The number of β-lactam (4-membered cyclic amide) rings is 1. The predicted molar refractivity (Wildman–Crippen MR) is 154 cm³/mol. The lowest BCUT2D eigenvalue weighted by Gasteiger charge is -2.52. The largest absolute Gasteiger partial charge is 0.543 e. The van der Waals surface area contributed by atoms with Crippen molar-refractivity contribution >= 4 is 70.4 Å². The number of carbonyl (C=O) groups excluding carboxylic acids is 2. The van der Waals surface area contributed by atoms with E-state index in [4.69, 9.17) is 15.0 Å². The molecule has 1 amide bonds. The fraction of sp³-hybridized carbons (Fsp3) is 0.333. The molecule has 2 aliphatic rings. The number of thiazole rings is 1. The molecule has 2 aliphatic heterocycles. The smallest absolute Gasteiger partial charge is 0.236 e. The van der Waals surface area contributed by atoms with E-state index in [0.29, 0.717) is 14.3 Å². The fourth-order valence-corrected chi connectivity index (χ4v) is 8.43. The van der Waals surface area contributed by atoms with E-state index >= 15 is 0 Å². The SMILES string of the molecule is CCO/N=C(\c1nsc(COC=N)n1)C(NO)[C@@H]1C(=O)N2C(C(=O)[O-])=C(Sc3nc(-c4cc[n+](C)cc4)cs3)CS[C@H]12. The number of carboxylic acids is 1. The van der Waals surface area contributed by atoms with Crippen LogP contribution in [-0.2, 0) is 32.8 Å². The van der Waals surface area contributed by atoms with Crippen LogP contribution in [-0.4, -0.2) is 72.2 Å². The van der Waals surface area contributed by atoms with Crippen LogP contribution >= 0.6 is 46.4 Å². The average Bonchev–Trinajstić information content (AvgIpc) is 3.65. The number of fused-ring (bicyclic) bond motifs is 1. The van der Waals surface area contributed by atoms with Gasteiger partial charge in [0.25, 0.3) is 0 Å². The fourth-order valence-electron chi connectivity index (χ4n) is 4.29.